The number of aldehydes is 1. The lowest BCUT2D eigenvalue weighted by Crippen LogP contribution is -2.29. The standard InChI is InChI=1S/C13H16N2O3S/c1-3-18-13(17)15-12(19-9-8-16)14-11-6-4-10(2)5-7-11/h4-8H,3,9H2,1-2H3,(H,14,15,17). The summed E-state index contributed by atoms with van der Waals surface area (Å²) < 4.78 is 4.78. The Hall–Kier alpha value is -1.82. The summed E-state index contributed by atoms with van der Waals surface area (Å²) in [5.41, 5.74) is 1.83. The van der Waals surface area contributed by atoms with E-state index in [4.69, 9.17) is 4.74 Å². The minimum absolute atomic E-state index is 0.219. The summed E-state index contributed by atoms with van der Waals surface area (Å²) in [5, 5.41) is 2.85. The highest BCUT2D eigenvalue weighted by molar-refractivity contribution is 8.14. The molecule has 0 radical (unpaired) electrons. The van der Waals surface area contributed by atoms with Crippen molar-refractivity contribution in [3.63, 3.8) is 0 Å². The van der Waals surface area contributed by atoms with Crippen molar-refractivity contribution in [2.45, 2.75) is 13.8 Å². The molecule has 1 aromatic rings. The van der Waals surface area contributed by atoms with Gasteiger partial charge >= 0.3 is 6.09 Å². The maximum absolute atomic E-state index is 11.3. The molecule has 1 amide bonds. The van der Waals surface area contributed by atoms with Crippen molar-refractivity contribution >= 4 is 35.0 Å². The topological polar surface area (TPSA) is 67.8 Å². The van der Waals surface area contributed by atoms with Crippen molar-refractivity contribution in [3.8, 4) is 0 Å². The predicted molar refractivity (Wildman–Crippen MR) is 77.0 cm³/mol. The van der Waals surface area contributed by atoms with E-state index in [1.54, 1.807) is 6.92 Å². The molecule has 19 heavy (non-hydrogen) atoms. The summed E-state index contributed by atoms with van der Waals surface area (Å²) in [6.07, 6.45) is 0.175. The van der Waals surface area contributed by atoms with Crippen molar-refractivity contribution < 1.29 is 14.3 Å². The number of nitrogens with zero attached hydrogens (tertiary/aromatic N) is 1. The van der Waals surface area contributed by atoms with Crippen LogP contribution < -0.4 is 5.32 Å². The zero-order chi connectivity index (χ0) is 14.1. The summed E-state index contributed by atoms with van der Waals surface area (Å²) in [6, 6.07) is 7.52. The van der Waals surface area contributed by atoms with E-state index in [1.807, 2.05) is 31.2 Å². The Balaban J connectivity index is 2.79. The molecule has 0 heterocycles. The maximum atomic E-state index is 11.3. The normalized spacial score (nSPS) is 10.9. The first-order valence-corrected chi connectivity index (χ1v) is 6.79. The van der Waals surface area contributed by atoms with Gasteiger partial charge in [0.05, 0.1) is 18.0 Å². The van der Waals surface area contributed by atoms with Crippen molar-refractivity contribution in [3.05, 3.63) is 29.8 Å². The molecule has 0 saturated carbocycles. The smallest absolute Gasteiger partial charge is 0.413 e. The molecule has 5 nitrogen and oxygen atoms in total. The molecule has 0 aliphatic rings. The Morgan fingerprint density at radius 1 is 1.42 bits per heavy atom. The van der Waals surface area contributed by atoms with Gasteiger partial charge in [0.1, 0.15) is 6.29 Å². The number of carbonyl (C=O) groups is 2. The fraction of sp³-hybridized carbons (Fsp3) is 0.308. The molecular formula is C13H16N2O3S. The van der Waals surface area contributed by atoms with E-state index in [9.17, 15) is 9.59 Å². The van der Waals surface area contributed by atoms with Gasteiger partial charge in [-0.1, -0.05) is 29.5 Å². The van der Waals surface area contributed by atoms with Crippen LogP contribution in [0.4, 0.5) is 10.5 Å². The number of aliphatic imine (C=N–C) groups is 1. The first-order chi connectivity index (χ1) is 9.15. The number of benzene rings is 1. The number of thioether (sulfide) groups is 1. The molecule has 1 rings (SSSR count). The molecule has 0 spiro atoms. The molecule has 0 aromatic heterocycles. The first-order valence-electron chi connectivity index (χ1n) is 5.81. The second-order valence-corrected chi connectivity index (χ2v) is 4.58. The Labute approximate surface area is 116 Å². The lowest BCUT2D eigenvalue weighted by atomic mass is 10.2. The number of alkyl carbamates (subject to hydrolysis) is 1. The number of carbonyl (C=O) groups excluding carboxylic acids is 2. The number of nitrogens with one attached hydrogen (secondary N) is 1. The van der Waals surface area contributed by atoms with E-state index in [-0.39, 0.29) is 12.4 Å². The zero-order valence-electron chi connectivity index (χ0n) is 10.9. The number of hydrogen-bond donors (Lipinski definition) is 1. The van der Waals surface area contributed by atoms with Crippen LogP contribution >= 0.6 is 11.8 Å². The monoisotopic (exact) mass is 280 g/mol. The number of rotatable bonds is 4. The predicted octanol–water partition coefficient (Wildman–Crippen LogP) is 2.66. The summed E-state index contributed by atoms with van der Waals surface area (Å²) in [7, 11) is 0. The van der Waals surface area contributed by atoms with E-state index < -0.39 is 6.09 Å². The van der Waals surface area contributed by atoms with Gasteiger partial charge in [-0.25, -0.2) is 9.79 Å². The fourth-order valence-corrected chi connectivity index (χ4v) is 1.75. The highest BCUT2D eigenvalue weighted by Crippen LogP contribution is 2.15. The largest absolute Gasteiger partial charge is 0.450 e. The van der Waals surface area contributed by atoms with Crippen LogP contribution in [0.25, 0.3) is 0 Å². The van der Waals surface area contributed by atoms with Gasteiger partial charge in [0.2, 0.25) is 0 Å². The summed E-state index contributed by atoms with van der Waals surface area (Å²) >= 11 is 1.14. The lowest BCUT2D eigenvalue weighted by molar-refractivity contribution is -0.105. The van der Waals surface area contributed by atoms with Gasteiger partial charge in [0.15, 0.2) is 5.17 Å². The summed E-state index contributed by atoms with van der Waals surface area (Å²) in [6.45, 7) is 3.98. The Bertz CT molecular complexity index is 457. The van der Waals surface area contributed by atoms with Crippen LogP contribution in [0.2, 0.25) is 0 Å². The molecule has 1 aromatic carbocycles. The lowest BCUT2D eigenvalue weighted by Gasteiger charge is -2.07. The minimum Gasteiger partial charge on any atom is -0.450 e. The molecule has 102 valence electrons. The van der Waals surface area contributed by atoms with Gasteiger partial charge in [0, 0.05) is 0 Å². The number of aryl methyl sites for hydroxylation is 1. The Morgan fingerprint density at radius 3 is 2.68 bits per heavy atom. The first kappa shape index (κ1) is 15.2. The summed E-state index contributed by atoms with van der Waals surface area (Å²) in [4.78, 5) is 26.0. The molecule has 1 N–H and O–H groups in total. The van der Waals surface area contributed by atoms with E-state index >= 15 is 0 Å². The van der Waals surface area contributed by atoms with E-state index in [0.29, 0.717) is 10.9 Å². The van der Waals surface area contributed by atoms with Crippen molar-refractivity contribution in [2.24, 2.45) is 4.99 Å². The zero-order valence-corrected chi connectivity index (χ0v) is 11.7. The third-order valence-electron chi connectivity index (χ3n) is 2.04. The van der Waals surface area contributed by atoms with E-state index in [0.717, 1.165) is 23.6 Å². The van der Waals surface area contributed by atoms with Crippen LogP contribution in [-0.2, 0) is 9.53 Å². The highest BCUT2D eigenvalue weighted by Gasteiger charge is 2.07. The molecule has 0 aliphatic carbocycles. The fourth-order valence-electron chi connectivity index (χ4n) is 1.20. The molecule has 0 atom stereocenters. The average Bonchev–Trinajstić information content (AvgIpc) is 2.39. The van der Waals surface area contributed by atoms with Gasteiger partial charge in [-0.15, -0.1) is 0 Å². The van der Waals surface area contributed by atoms with Crippen molar-refractivity contribution in [2.75, 3.05) is 12.4 Å². The van der Waals surface area contributed by atoms with Crippen LogP contribution in [0.5, 0.6) is 0 Å². The second-order valence-electron chi connectivity index (χ2n) is 3.58. The SMILES string of the molecule is CCOC(=O)NC(=Nc1ccc(C)cc1)SCC=O. The molecule has 0 unspecified atom stereocenters. The molecule has 0 bridgehead atoms. The van der Waals surface area contributed by atoms with Gasteiger partial charge in [-0.2, -0.15) is 0 Å². The van der Waals surface area contributed by atoms with Gasteiger partial charge < -0.3 is 9.53 Å². The highest BCUT2D eigenvalue weighted by atomic mass is 32.2. The maximum Gasteiger partial charge on any atom is 0.413 e. The number of amidine groups is 1. The Morgan fingerprint density at radius 2 is 2.11 bits per heavy atom. The van der Waals surface area contributed by atoms with Crippen LogP contribution in [0.1, 0.15) is 12.5 Å². The third kappa shape index (κ3) is 6.05. The van der Waals surface area contributed by atoms with Gasteiger partial charge in [0.25, 0.3) is 0 Å². The van der Waals surface area contributed by atoms with E-state index in [2.05, 4.69) is 10.3 Å². The minimum atomic E-state index is -0.577. The van der Waals surface area contributed by atoms with Gasteiger partial charge in [-0.3, -0.25) is 5.32 Å². The van der Waals surface area contributed by atoms with Crippen molar-refractivity contribution in [1.82, 2.24) is 5.32 Å². The van der Waals surface area contributed by atoms with Crippen molar-refractivity contribution in [1.29, 1.82) is 0 Å². The molecule has 6 heteroatoms. The average molecular weight is 280 g/mol. The van der Waals surface area contributed by atoms with E-state index in [1.165, 1.54) is 0 Å². The van der Waals surface area contributed by atoms with Crippen LogP contribution in [0.3, 0.4) is 0 Å². The molecular weight excluding hydrogens is 264 g/mol. The summed E-state index contributed by atoms with van der Waals surface area (Å²) in [5.74, 6) is 0.219. The number of amides is 1. The molecule has 0 fully saturated rings. The molecule has 0 aliphatic heterocycles. The van der Waals surface area contributed by atoms with Crippen LogP contribution in [0.15, 0.2) is 29.3 Å². The van der Waals surface area contributed by atoms with Crippen LogP contribution in [-0.4, -0.2) is 29.9 Å². The quantitative estimate of drug-likeness (QED) is 0.523. The Kier molecular flexibility index (Phi) is 6.67. The number of hydrogen-bond acceptors (Lipinski definition) is 5. The molecule has 0 saturated heterocycles. The number of ether oxygens (including phenoxy) is 1. The van der Waals surface area contributed by atoms with Gasteiger partial charge in [-0.05, 0) is 26.0 Å². The third-order valence-corrected chi connectivity index (χ3v) is 2.81. The second kappa shape index (κ2) is 8.31. The van der Waals surface area contributed by atoms with Crippen LogP contribution in [0, 0.1) is 6.92 Å².